The molecular formula is C23H24Br2O9. The standard InChI is InChI=1S/C23H24Br2O9/c1-10-21(31-12(3)27)20(9-30-11(2)26)34-23(22(10)32-13(4)28)33-19-8-15-6-17(25)16(24)5-14(15)7-18(19)29/h5-8,10,20-23,29H,9H2,1-4H3. The van der Waals surface area contributed by atoms with Gasteiger partial charge in [0.25, 0.3) is 0 Å². The van der Waals surface area contributed by atoms with E-state index in [1.807, 2.05) is 12.1 Å². The second-order valence-electron chi connectivity index (χ2n) is 7.90. The number of carbonyl (C=O) groups excluding carboxylic acids is 3. The molecule has 0 bridgehead atoms. The van der Waals surface area contributed by atoms with Crippen molar-refractivity contribution in [2.75, 3.05) is 6.61 Å². The minimum atomic E-state index is -1.19. The lowest BCUT2D eigenvalue weighted by Gasteiger charge is -2.43. The Balaban J connectivity index is 1.96. The number of carbonyl (C=O) groups is 3. The van der Waals surface area contributed by atoms with Crippen LogP contribution in [0.4, 0.5) is 0 Å². The number of rotatable bonds is 6. The molecule has 0 amide bonds. The number of fused-ring (bicyclic) bond motifs is 1. The first-order valence-corrected chi connectivity index (χ1v) is 12.0. The minimum absolute atomic E-state index is 0.0910. The number of benzene rings is 2. The van der Waals surface area contributed by atoms with Crippen molar-refractivity contribution in [3.63, 3.8) is 0 Å². The number of esters is 3. The maximum atomic E-state index is 11.8. The molecule has 3 rings (SSSR count). The van der Waals surface area contributed by atoms with Crippen LogP contribution in [0.3, 0.4) is 0 Å². The van der Waals surface area contributed by atoms with Gasteiger partial charge < -0.3 is 28.8 Å². The normalized spacial score (nSPS) is 24.4. The van der Waals surface area contributed by atoms with Crippen molar-refractivity contribution >= 4 is 60.5 Å². The first kappa shape index (κ1) is 26.2. The van der Waals surface area contributed by atoms with E-state index in [4.69, 9.17) is 23.7 Å². The molecule has 1 saturated heterocycles. The Labute approximate surface area is 212 Å². The van der Waals surface area contributed by atoms with Gasteiger partial charge in [-0.3, -0.25) is 14.4 Å². The molecular weight excluding hydrogens is 580 g/mol. The smallest absolute Gasteiger partial charge is 0.303 e. The second-order valence-corrected chi connectivity index (χ2v) is 9.61. The van der Waals surface area contributed by atoms with Gasteiger partial charge in [0.15, 0.2) is 17.6 Å². The zero-order valence-electron chi connectivity index (χ0n) is 18.9. The molecule has 0 spiro atoms. The van der Waals surface area contributed by atoms with Crippen LogP contribution in [0.5, 0.6) is 11.5 Å². The van der Waals surface area contributed by atoms with Crippen molar-refractivity contribution in [1.29, 1.82) is 0 Å². The molecule has 1 N–H and O–H groups in total. The molecule has 11 heteroatoms. The average molecular weight is 604 g/mol. The topological polar surface area (TPSA) is 118 Å². The highest BCUT2D eigenvalue weighted by atomic mass is 79.9. The highest BCUT2D eigenvalue weighted by molar-refractivity contribution is 9.13. The Morgan fingerprint density at radius 1 is 0.912 bits per heavy atom. The number of halogens is 2. The molecule has 9 nitrogen and oxygen atoms in total. The van der Waals surface area contributed by atoms with Crippen LogP contribution in [0.25, 0.3) is 10.8 Å². The first-order chi connectivity index (χ1) is 16.0. The van der Waals surface area contributed by atoms with Crippen LogP contribution in [0.15, 0.2) is 33.2 Å². The van der Waals surface area contributed by atoms with Gasteiger partial charge in [0, 0.05) is 35.6 Å². The van der Waals surface area contributed by atoms with Gasteiger partial charge in [-0.05, 0) is 66.9 Å². The number of phenolic OH excluding ortho intramolecular Hbond substituents is 1. The summed E-state index contributed by atoms with van der Waals surface area (Å²) in [5, 5.41) is 12.1. The van der Waals surface area contributed by atoms with E-state index >= 15 is 0 Å². The van der Waals surface area contributed by atoms with Crippen molar-refractivity contribution in [1.82, 2.24) is 0 Å². The molecule has 34 heavy (non-hydrogen) atoms. The molecule has 5 unspecified atom stereocenters. The number of hydrogen-bond acceptors (Lipinski definition) is 9. The van der Waals surface area contributed by atoms with E-state index in [9.17, 15) is 19.5 Å². The van der Waals surface area contributed by atoms with E-state index in [1.165, 1.54) is 26.8 Å². The van der Waals surface area contributed by atoms with Crippen molar-refractivity contribution in [3.8, 4) is 11.5 Å². The summed E-state index contributed by atoms with van der Waals surface area (Å²) in [5.74, 6) is -2.35. The predicted octanol–water partition coefficient (Wildman–Crippen LogP) is 4.24. The van der Waals surface area contributed by atoms with Gasteiger partial charge in [-0.2, -0.15) is 0 Å². The van der Waals surface area contributed by atoms with Crippen LogP contribution in [0.1, 0.15) is 27.7 Å². The number of hydrogen-bond donors (Lipinski definition) is 1. The average Bonchev–Trinajstić information content (AvgIpc) is 2.73. The lowest BCUT2D eigenvalue weighted by Crippen LogP contribution is -2.58. The van der Waals surface area contributed by atoms with E-state index in [1.54, 1.807) is 13.0 Å². The lowest BCUT2D eigenvalue weighted by atomic mass is 9.90. The molecule has 0 radical (unpaired) electrons. The van der Waals surface area contributed by atoms with Crippen LogP contribution in [0.2, 0.25) is 0 Å². The molecule has 0 saturated carbocycles. The maximum absolute atomic E-state index is 11.8. The Morgan fingerprint density at radius 2 is 1.47 bits per heavy atom. The van der Waals surface area contributed by atoms with Crippen LogP contribution < -0.4 is 4.74 Å². The molecule has 1 heterocycles. The van der Waals surface area contributed by atoms with Crippen LogP contribution in [0, 0.1) is 5.92 Å². The van der Waals surface area contributed by atoms with Gasteiger partial charge in [-0.25, -0.2) is 0 Å². The van der Waals surface area contributed by atoms with Gasteiger partial charge in [-0.1, -0.05) is 6.92 Å². The van der Waals surface area contributed by atoms with Gasteiger partial charge in [-0.15, -0.1) is 0 Å². The zero-order chi connectivity index (χ0) is 25.2. The van der Waals surface area contributed by atoms with E-state index in [0.717, 1.165) is 19.7 Å². The number of phenols is 1. The molecule has 2 aromatic carbocycles. The Bertz CT molecular complexity index is 1100. The van der Waals surface area contributed by atoms with E-state index in [2.05, 4.69) is 31.9 Å². The first-order valence-electron chi connectivity index (χ1n) is 10.4. The van der Waals surface area contributed by atoms with Crippen LogP contribution in [-0.4, -0.2) is 54.2 Å². The predicted molar refractivity (Wildman–Crippen MR) is 127 cm³/mol. The fourth-order valence-electron chi connectivity index (χ4n) is 3.74. The molecule has 1 aliphatic rings. The Kier molecular flexibility index (Phi) is 8.43. The Hall–Kier alpha value is -2.37. The molecule has 184 valence electrons. The van der Waals surface area contributed by atoms with E-state index < -0.39 is 48.4 Å². The quantitative estimate of drug-likeness (QED) is 0.382. The van der Waals surface area contributed by atoms with Crippen LogP contribution in [-0.2, 0) is 33.3 Å². The molecule has 0 aromatic heterocycles. The fraction of sp³-hybridized carbons (Fsp3) is 0.435. The maximum Gasteiger partial charge on any atom is 0.303 e. The third-order valence-corrected chi connectivity index (χ3v) is 7.08. The largest absolute Gasteiger partial charge is 0.504 e. The van der Waals surface area contributed by atoms with Crippen LogP contribution >= 0.6 is 31.9 Å². The summed E-state index contributed by atoms with van der Waals surface area (Å²) in [7, 11) is 0. The Morgan fingerprint density at radius 3 is 2.03 bits per heavy atom. The third kappa shape index (κ3) is 6.19. The SMILES string of the molecule is CC(=O)OCC1OC(Oc2cc3cc(Br)c(Br)cc3cc2O)C(OC(C)=O)C(C)C1OC(C)=O. The summed E-state index contributed by atoms with van der Waals surface area (Å²) in [6, 6.07) is 6.84. The summed E-state index contributed by atoms with van der Waals surface area (Å²) in [6.07, 6.45) is -3.94. The number of aromatic hydroxyl groups is 1. The highest BCUT2D eigenvalue weighted by Gasteiger charge is 2.49. The number of ether oxygens (including phenoxy) is 5. The summed E-state index contributed by atoms with van der Waals surface area (Å²) < 4.78 is 29.5. The van der Waals surface area contributed by atoms with E-state index in [-0.39, 0.29) is 18.1 Å². The summed E-state index contributed by atoms with van der Waals surface area (Å²) in [4.78, 5) is 34.9. The van der Waals surface area contributed by atoms with E-state index in [0.29, 0.717) is 0 Å². The summed E-state index contributed by atoms with van der Waals surface area (Å²) >= 11 is 6.88. The molecule has 1 fully saturated rings. The van der Waals surface area contributed by atoms with Crippen molar-refractivity contribution in [2.45, 2.75) is 52.3 Å². The minimum Gasteiger partial charge on any atom is -0.504 e. The third-order valence-electron chi connectivity index (χ3n) is 5.24. The molecule has 2 aromatic rings. The van der Waals surface area contributed by atoms with Gasteiger partial charge in [0.2, 0.25) is 6.29 Å². The summed E-state index contributed by atoms with van der Waals surface area (Å²) in [5.41, 5.74) is 0. The highest BCUT2D eigenvalue weighted by Crippen LogP contribution is 2.39. The molecule has 1 aliphatic heterocycles. The van der Waals surface area contributed by atoms with Crippen molar-refractivity contribution in [3.05, 3.63) is 33.2 Å². The van der Waals surface area contributed by atoms with Gasteiger partial charge in [0.1, 0.15) is 18.8 Å². The fourth-order valence-corrected chi connectivity index (χ4v) is 4.46. The zero-order valence-corrected chi connectivity index (χ0v) is 22.0. The van der Waals surface area contributed by atoms with Gasteiger partial charge in [0.05, 0.1) is 0 Å². The summed E-state index contributed by atoms with van der Waals surface area (Å²) in [6.45, 7) is 5.21. The molecule has 0 aliphatic carbocycles. The second kappa shape index (κ2) is 10.9. The van der Waals surface area contributed by atoms with Crippen molar-refractivity contribution in [2.24, 2.45) is 5.92 Å². The van der Waals surface area contributed by atoms with Crippen molar-refractivity contribution < 1.29 is 43.2 Å². The molecule has 5 atom stereocenters. The lowest BCUT2D eigenvalue weighted by molar-refractivity contribution is -0.271. The monoisotopic (exact) mass is 602 g/mol. The van der Waals surface area contributed by atoms with Gasteiger partial charge >= 0.3 is 17.9 Å².